The van der Waals surface area contributed by atoms with Gasteiger partial charge in [-0.05, 0) is 41.8 Å². The standard InChI is InChI=1S/C22H23FN2O4/c1-28-19-9-14-7-8-24(12-15(14)10-20(19)29-2)22(27)16-11-21(26)25(13-16)18-6-4-3-5-17(18)23/h3-6,9-10,16H,7-8,11-13H2,1-2H3/t16-/m1/s1. The van der Waals surface area contributed by atoms with Crippen molar-refractivity contribution in [2.45, 2.75) is 19.4 Å². The fourth-order valence-electron chi connectivity index (χ4n) is 4.11. The number of halogens is 1. The maximum absolute atomic E-state index is 14.1. The molecule has 0 N–H and O–H groups in total. The van der Waals surface area contributed by atoms with Gasteiger partial charge in [-0.3, -0.25) is 9.59 Å². The molecule has 4 rings (SSSR count). The number of hydrogen-bond donors (Lipinski definition) is 0. The van der Waals surface area contributed by atoms with Crippen LogP contribution in [0.1, 0.15) is 17.5 Å². The van der Waals surface area contributed by atoms with Gasteiger partial charge in [0.25, 0.3) is 0 Å². The summed E-state index contributed by atoms with van der Waals surface area (Å²) in [6.07, 6.45) is 0.807. The molecule has 2 aliphatic rings. The summed E-state index contributed by atoms with van der Waals surface area (Å²) >= 11 is 0. The molecule has 0 spiro atoms. The summed E-state index contributed by atoms with van der Waals surface area (Å²) in [7, 11) is 3.18. The zero-order valence-electron chi connectivity index (χ0n) is 16.5. The van der Waals surface area contributed by atoms with Crippen LogP contribution in [0.4, 0.5) is 10.1 Å². The minimum Gasteiger partial charge on any atom is -0.493 e. The Hall–Kier alpha value is -3.09. The first-order valence-electron chi connectivity index (χ1n) is 9.59. The SMILES string of the molecule is COc1cc2c(cc1OC)CN(C(=O)[C@@H]1CC(=O)N(c3ccccc3F)C1)CC2. The van der Waals surface area contributed by atoms with Crippen LogP contribution in [0.2, 0.25) is 0 Å². The van der Waals surface area contributed by atoms with Gasteiger partial charge >= 0.3 is 0 Å². The quantitative estimate of drug-likeness (QED) is 0.795. The van der Waals surface area contributed by atoms with Crippen molar-refractivity contribution in [2.75, 3.05) is 32.2 Å². The molecule has 0 aromatic heterocycles. The molecule has 1 saturated heterocycles. The first-order valence-corrected chi connectivity index (χ1v) is 9.59. The summed E-state index contributed by atoms with van der Waals surface area (Å²) in [4.78, 5) is 28.7. The van der Waals surface area contributed by atoms with Gasteiger partial charge in [0, 0.05) is 26.1 Å². The topological polar surface area (TPSA) is 59.1 Å². The molecule has 0 saturated carbocycles. The third kappa shape index (κ3) is 3.52. The van der Waals surface area contributed by atoms with Crippen LogP contribution >= 0.6 is 0 Å². The molecule has 2 amide bonds. The molecule has 1 fully saturated rings. The maximum atomic E-state index is 14.1. The van der Waals surface area contributed by atoms with Crippen LogP contribution in [0.5, 0.6) is 11.5 Å². The number of carbonyl (C=O) groups is 2. The number of fused-ring (bicyclic) bond motifs is 1. The van der Waals surface area contributed by atoms with E-state index in [4.69, 9.17) is 9.47 Å². The van der Waals surface area contributed by atoms with Gasteiger partial charge in [-0.15, -0.1) is 0 Å². The molecule has 0 unspecified atom stereocenters. The third-order valence-corrected chi connectivity index (χ3v) is 5.65. The number of anilines is 1. The Balaban J connectivity index is 1.50. The Bertz CT molecular complexity index is 962. The number of rotatable bonds is 4. The van der Waals surface area contributed by atoms with Gasteiger partial charge in [-0.2, -0.15) is 0 Å². The number of carbonyl (C=O) groups excluding carboxylic acids is 2. The Labute approximate surface area is 168 Å². The molecule has 0 bridgehead atoms. The average Bonchev–Trinajstić information content (AvgIpc) is 3.13. The van der Waals surface area contributed by atoms with E-state index in [1.165, 1.54) is 11.0 Å². The molecule has 0 radical (unpaired) electrons. The highest BCUT2D eigenvalue weighted by Crippen LogP contribution is 2.34. The molecule has 0 aliphatic carbocycles. The van der Waals surface area contributed by atoms with Gasteiger partial charge in [0.05, 0.1) is 25.8 Å². The second-order valence-corrected chi connectivity index (χ2v) is 7.34. The van der Waals surface area contributed by atoms with Crippen LogP contribution in [0.15, 0.2) is 36.4 Å². The summed E-state index contributed by atoms with van der Waals surface area (Å²) in [6.45, 7) is 1.23. The van der Waals surface area contributed by atoms with E-state index in [9.17, 15) is 14.0 Å². The van der Waals surface area contributed by atoms with Gasteiger partial charge in [0.15, 0.2) is 11.5 Å². The van der Waals surface area contributed by atoms with Crippen LogP contribution in [0, 0.1) is 11.7 Å². The highest BCUT2D eigenvalue weighted by Gasteiger charge is 2.38. The van der Waals surface area contributed by atoms with Crippen LogP contribution in [-0.2, 0) is 22.6 Å². The normalized spacial score (nSPS) is 18.6. The lowest BCUT2D eigenvalue weighted by molar-refractivity contribution is -0.136. The molecule has 6 nitrogen and oxygen atoms in total. The number of nitrogens with zero attached hydrogens (tertiary/aromatic N) is 2. The monoisotopic (exact) mass is 398 g/mol. The van der Waals surface area contributed by atoms with E-state index in [1.54, 1.807) is 37.3 Å². The van der Waals surface area contributed by atoms with E-state index < -0.39 is 11.7 Å². The second kappa shape index (κ2) is 7.73. The number of amides is 2. The fourth-order valence-corrected chi connectivity index (χ4v) is 4.11. The van der Waals surface area contributed by atoms with Gasteiger partial charge in [-0.1, -0.05) is 12.1 Å². The number of para-hydroxylation sites is 1. The van der Waals surface area contributed by atoms with Crippen molar-refractivity contribution in [3.05, 3.63) is 53.3 Å². The highest BCUT2D eigenvalue weighted by atomic mass is 19.1. The molecule has 29 heavy (non-hydrogen) atoms. The van der Waals surface area contributed by atoms with Crippen molar-refractivity contribution in [3.63, 3.8) is 0 Å². The van der Waals surface area contributed by atoms with Crippen molar-refractivity contribution >= 4 is 17.5 Å². The molecule has 2 aromatic carbocycles. The first kappa shape index (κ1) is 19.2. The molecular formula is C22H23FN2O4. The predicted octanol–water partition coefficient (Wildman–Crippen LogP) is 2.78. The van der Waals surface area contributed by atoms with E-state index in [-0.39, 0.29) is 30.5 Å². The van der Waals surface area contributed by atoms with Crippen LogP contribution in [-0.4, -0.2) is 44.0 Å². The summed E-state index contributed by atoms with van der Waals surface area (Å²) in [5, 5.41) is 0. The lowest BCUT2D eigenvalue weighted by atomic mass is 9.97. The smallest absolute Gasteiger partial charge is 0.228 e. The number of benzene rings is 2. The zero-order valence-corrected chi connectivity index (χ0v) is 16.5. The maximum Gasteiger partial charge on any atom is 0.228 e. The van der Waals surface area contributed by atoms with Gasteiger partial charge in [0.2, 0.25) is 11.8 Å². The molecule has 2 aromatic rings. The lowest BCUT2D eigenvalue weighted by Gasteiger charge is -2.31. The summed E-state index contributed by atoms with van der Waals surface area (Å²) in [5.74, 6) is 0.0795. The van der Waals surface area contributed by atoms with E-state index in [2.05, 4.69) is 0 Å². The van der Waals surface area contributed by atoms with E-state index in [0.717, 1.165) is 11.1 Å². The zero-order chi connectivity index (χ0) is 20.5. The Morgan fingerprint density at radius 1 is 1.10 bits per heavy atom. The molecule has 1 atom stereocenters. The van der Waals surface area contributed by atoms with E-state index in [1.807, 2.05) is 12.1 Å². The Kier molecular flexibility index (Phi) is 5.13. The minimum atomic E-state index is -0.469. The summed E-state index contributed by atoms with van der Waals surface area (Å²) in [6, 6.07) is 10.0. The van der Waals surface area contributed by atoms with Crippen LogP contribution in [0.3, 0.4) is 0 Å². The van der Waals surface area contributed by atoms with E-state index in [0.29, 0.717) is 31.0 Å². The lowest BCUT2D eigenvalue weighted by Crippen LogP contribution is -2.40. The van der Waals surface area contributed by atoms with Gasteiger partial charge in [0.1, 0.15) is 5.82 Å². The molecule has 7 heteroatoms. The first-order chi connectivity index (χ1) is 14.0. The van der Waals surface area contributed by atoms with Crippen molar-refractivity contribution in [3.8, 4) is 11.5 Å². The Morgan fingerprint density at radius 3 is 2.48 bits per heavy atom. The second-order valence-electron chi connectivity index (χ2n) is 7.34. The minimum absolute atomic E-state index is 0.0716. The number of ether oxygens (including phenoxy) is 2. The van der Waals surface area contributed by atoms with E-state index >= 15 is 0 Å². The summed E-state index contributed by atoms with van der Waals surface area (Å²) in [5.41, 5.74) is 2.37. The highest BCUT2D eigenvalue weighted by molar-refractivity contribution is 6.00. The van der Waals surface area contributed by atoms with Crippen molar-refractivity contribution in [2.24, 2.45) is 5.92 Å². The molecule has 2 heterocycles. The third-order valence-electron chi connectivity index (χ3n) is 5.65. The number of hydrogen-bond acceptors (Lipinski definition) is 4. The average molecular weight is 398 g/mol. The van der Waals surface area contributed by atoms with Crippen molar-refractivity contribution in [1.82, 2.24) is 4.90 Å². The Morgan fingerprint density at radius 2 is 1.79 bits per heavy atom. The molecule has 152 valence electrons. The molecule has 2 aliphatic heterocycles. The summed E-state index contributed by atoms with van der Waals surface area (Å²) < 4.78 is 24.8. The van der Waals surface area contributed by atoms with Gasteiger partial charge < -0.3 is 19.3 Å². The van der Waals surface area contributed by atoms with Crippen LogP contribution in [0.25, 0.3) is 0 Å². The van der Waals surface area contributed by atoms with Gasteiger partial charge in [-0.25, -0.2) is 4.39 Å². The van der Waals surface area contributed by atoms with Crippen LogP contribution < -0.4 is 14.4 Å². The predicted molar refractivity (Wildman–Crippen MR) is 106 cm³/mol. The van der Waals surface area contributed by atoms with Crippen molar-refractivity contribution in [1.29, 1.82) is 0 Å². The number of methoxy groups -OCH3 is 2. The fraction of sp³-hybridized carbons (Fsp3) is 0.364. The molecular weight excluding hydrogens is 375 g/mol. The largest absolute Gasteiger partial charge is 0.493 e. The van der Waals surface area contributed by atoms with Crippen molar-refractivity contribution < 1.29 is 23.5 Å².